The van der Waals surface area contributed by atoms with Gasteiger partial charge >= 0.3 is 6.18 Å². The van der Waals surface area contributed by atoms with Gasteiger partial charge in [-0.25, -0.2) is 9.37 Å². The van der Waals surface area contributed by atoms with Gasteiger partial charge in [-0.15, -0.1) is 0 Å². The number of rotatable bonds is 8. The largest absolute Gasteiger partial charge is 0.465 e. The van der Waals surface area contributed by atoms with Crippen molar-refractivity contribution in [3.05, 3.63) is 35.1 Å². The Balaban J connectivity index is 1.21. The van der Waals surface area contributed by atoms with Crippen LogP contribution in [0.1, 0.15) is 62.0 Å². The highest BCUT2D eigenvalue weighted by Crippen LogP contribution is 2.35. The fourth-order valence-electron chi connectivity index (χ4n) is 4.87. The first-order valence-corrected chi connectivity index (χ1v) is 12.7. The number of aryl methyl sites for hydroxylation is 1. The van der Waals surface area contributed by atoms with Crippen LogP contribution in [-0.2, 0) is 24.1 Å². The molecule has 2 aromatic heterocycles. The first-order valence-electron chi connectivity index (χ1n) is 12.7. The second-order valence-electron chi connectivity index (χ2n) is 10.0. The van der Waals surface area contributed by atoms with E-state index in [1.165, 1.54) is 6.07 Å². The molecule has 2 aromatic rings. The molecule has 1 aliphatic carbocycles. The summed E-state index contributed by atoms with van der Waals surface area (Å²) in [4.78, 5) is 22.8. The third kappa shape index (κ3) is 7.62. The van der Waals surface area contributed by atoms with Gasteiger partial charge in [0.05, 0.1) is 6.42 Å². The number of pyridine rings is 1. The van der Waals surface area contributed by atoms with Crippen LogP contribution in [0.4, 0.5) is 17.6 Å². The van der Waals surface area contributed by atoms with Crippen LogP contribution in [0.5, 0.6) is 5.88 Å². The second kappa shape index (κ2) is 11.3. The molecule has 3 heterocycles. The minimum absolute atomic E-state index is 0.0315. The third-order valence-corrected chi connectivity index (χ3v) is 7.17. The van der Waals surface area contributed by atoms with Gasteiger partial charge in [-0.05, 0) is 51.0 Å². The first kappa shape index (κ1) is 27.3. The number of nitrogens with zero attached hydrogens (tertiary/aromatic N) is 4. The lowest BCUT2D eigenvalue weighted by Crippen LogP contribution is -2.43. The third-order valence-electron chi connectivity index (χ3n) is 7.17. The first-order chi connectivity index (χ1) is 17.5. The SMILES string of the molecule is Cc1nc(CC(=O)NC2CCC(F)(CCN3CCc4ccc(O[C@H](C)C(F)(F)F)nc4CC3)CC2)no1. The molecule has 8 nitrogen and oxygen atoms in total. The van der Waals surface area contributed by atoms with Gasteiger partial charge in [-0.1, -0.05) is 11.2 Å². The summed E-state index contributed by atoms with van der Waals surface area (Å²) in [6.45, 7) is 4.60. The summed E-state index contributed by atoms with van der Waals surface area (Å²) < 4.78 is 63.8. The lowest BCUT2D eigenvalue weighted by atomic mass is 9.81. The van der Waals surface area contributed by atoms with E-state index in [9.17, 15) is 18.0 Å². The summed E-state index contributed by atoms with van der Waals surface area (Å²) in [5.74, 6) is 0.508. The fourth-order valence-corrected chi connectivity index (χ4v) is 4.87. The highest BCUT2D eigenvalue weighted by Gasteiger charge is 2.38. The van der Waals surface area contributed by atoms with Gasteiger partial charge in [0.25, 0.3) is 0 Å². The maximum Gasteiger partial charge on any atom is 0.425 e. The molecule has 1 N–H and O–H groups in total. The summed E-state index contributed by atoms with van der Waals surface area (Å²) in [7, 11) is 0. The number of fused-ring (bicyclic) bond motifs is 1. The predicted octanol–water partition coefficient (Wildman–Crippen LogP) is 3.90. The van der Waals surface area contributed by atoms with E-state index in [4.69, 9.17) is 9.26 Å². The minimum Gasteiger partial charge on any atom is -0.465 e. The van der Waals surface area contributed by atoms with E-state index in [0.29, 0.717) is 69.8 Å². The van der Waals surface area contributed by atoms with E-state index in [1.54, 1.807) is 13.0 Å². The van der Waals surface area contributed by atoms with Crippen molar-refractivity contribution in [2.75, 3.05) is 19.6 Å². The van der Waals surface area contributed by atoms with E-state index in [-0.39, 0.29) is 24.2 Å². The molecular formula is C25H33F4N5O3. The monoisotopic (exact) mass is 527 g/mol. The molecule has 0 spiro atoms. The Morgan fingerprint density at radius 3 is 2.65 bits per heavy atom. The van der Waals surface area contributed by atoms with Gasteiger partial charge in [-0.2, -0.15) is 18.2 Å². The highest BCUT2D eigenvalue weighted by atomic mass is 19.4. The number of ether oxygens (including phenoxy) is 1. The molecule has 2 aliphatic rings. The van der Waals surface area contributed by atoms with Gasteiger partial charge in [0.15, 0.2) is 11.9 Å². The maximum absolute atomic E-state index is 15.5. The Kier molecular flexibility index (Phi) is 8.35. The van der Waals surface area contributed by atoms with Crippen LogP contribution in [0.3, 0.4) is 0 Å². The molecule has 0 bridgehead atoms. The molecule has 1 atom stereocenters. The molecule has 1 fully saturated rings. The van der Waals surface area contributed by atoms with Crippen molar-refractivity contribution < 1.29 is 31.6 Å². The Labute approximate surface area is 213 Å². The Hall–Kier alpha value is -2.76. The van der Waals surface area contributed by atoms with Crippen LogP contribution in [0.2, 0.25) is 0 Å². The molecule has 204 valence electrons. The maximum atomic E-state index is 15.5. The number of carbonyl (C=O) groups is 1. The fraction of sp³-hybridized carbons (Fsp3) is 0.680. The number of hydrogen-bond acceptors (Lipinski definition) is 7. The van der Waals surface area contributed by atoms with Crippen molar-refractivity contribution in [1.82, 2.24) is 25.3 Å². The number of halogens is 4. The van der Waals surface area contributed by atoms with Crippen molar-refractivity contribution >= 4 is 5.91 Å². The molecular weight excluding hydrogens is 494 g/mol. The number of alkyl halides is 4. The average Bonchev–Trinajstić information content (AvgIpc) is 3.13. The summed E-state index contributed by atoms with van der Waals surface area (Å²) in [5.41, 5.74) is 0.436. The Bertz CT molecular complexity index is 1070. The summed E-state index contributed by atoms with van der Waals surface area (Å²) in [6, 6.07) is 3.18. The molecule has 0 unspecified atom stereocenters. The number of aromatic nitrogens is 3. The molecule has 1 amide bonds. The van der Waals surface area contributed by atoms with E-state index >= 15 is 4.39 Å². The second-order valence-corrected chi connectivity index (χ2v) is 10.0. The lowest BCUT2D eigenvalue weighted by Gasteiger charge is -2.35. The molecule has 1 aliphatic heterocycles. The van der Waals surface area contributed by atoms with Crippen molar-refractivity contribution in [3.8, 4) is 5.88 Å². The Morgan fingerprint density at radius 2 is 1.97 bits per heavy atom. The zero-order valence-corrected chi connectivity index (χ0v) is 21.1. The lowest BCUT2D eigenvalue weighted by molar-refractivity contribution is -0.190. The average molecular weight is 528 g/mol. The molecule has 0 saturated heterocycles. The highest BCUT2D eigenvalue weighted by molar-refractivity contribution is 5.78. The van der Waals surface area contributed by atoms with Crippen molar-refractivity contribution in [2.24, 2.45) is 0 Å². The van der Waals surface area contributed by atoms with Crippen LogP contribution in [0.25, 0.3) is 0 Å². The van der Waals surface area contributed by atoms with Gasteiger partial charge in [-0.3, -0.25) is 4.79 Å². The smallest absolute Gasteiger partial charge is 0.425 e. The van der Waals surface area contributed by atoms with E-state index in [2.05, 4.69) is 25.3 Å². The topological polar surface area (TPSA) is 93.4 Å². The van der Waals surface area contributed by atoms with Gasteiger partial charge in [0.2, 0.25) is 17.7 Å². The zero-order valence-electron chi connectivity index (χ0n) is 21.1. The van der Waals surface area contributed by atoms with E-state index < -0.39 is 17.9 Å². The zero-order chi connectivity index (χ0) is 26.6. The molecule has 1 saturated carbocycles. The number of nitrogens with one attached hydrogen (secondary N) is 1. The van der Waals surface area contributed by atoms with E-state index in [1.807, 2.05) is 0 Å². The summed E-state index contributed by atoms with van der Waals surface area (Å²) in [6.07, 6.45) is -2.77. The normalized spacial score (nSPS) is 23.7. The van der Waals surface area contributed by atoms with Gasteiger partial charge in [0.1, 0.15) is 5.67 Å². The molecule has 4 rings (SSSR count). The van der Waals surface area contributed by atoms with Crippen molar-refractivity contribution in [2.45, 2.75) is 89.2 Å². The minimum atomic E-state index is -4.45. The van der Waals surface area contributed by atoms with Crippen LogP contribution < -0.4 is 10.1 Å². The van der Waals surface area contributed by atoms with E-state index in [0.717, 1.165) is 24.7 Å². The number of hydrogen-bond donors (Lipinski definition) is 1. The quantitative estimate of drug-likeness (QED) is 0.521. The van der Waals surface area contributed by atoms with Crippen LogP contribution in [0.15, 0.2) is 16.7 Å². The standard InChI is InChI=1S/C25H33F4N5O3/c1-16(25(27,28)29)36-23-4-3-18-7-12-34(13-8-20(18)32-23)14-11-24(26)9-5-19(6-10-24)31-22(35)15-21-30-17(2)37-33-21/h3-4,16,19H,5-15H2,1-2H3,(H,31,35)/t16-,19?,24?/m1/s1. The summed E-state index contributed by atoms with van der Waals surface area (Å²) in [5, 5.41) is 6.67. The van der Waals surface area contributed by atoms with Crippen LogP contribution in [0, 0.1) is 6.92 Å². The predicted molar refractivity (Wildman–Crippen MR) is 126 cm³/mol. The molecule has 37 heavy (non-hydrogen) atoms. The Morgan fingerprint density at radius 1 is 1.24 bits per heavy atom. The molecule has 0 aromatic carbocycles. The van der Waals surface area contributed by atoms with Gasteiger partial charge < -0.3 is 19.5 Å². The summed E-state index contributed by atoms with van der Waals surface area (Å²) >= 11 is 0. The van der Waals surface area contributed by atoms with Gasteiger partial charge in [0, 0.05) is 50.8 Å². The van der Waals surface area contributed by atoms with Crippen LogP contribution >= 0.6 is 0 Å². The van der Waals surface area contributed by atoms with Crippen molar-refractivity contribution in [3.63, 3.8) is 0 Å². The number of amides is 1. The molecule has 12 heteroatoms. The van der Waals surface area contributed by atoms with Crippen molar-refractivity contribution in [1.29, 1.82) is 0 Å². The number of carbonyl (C=O) groups excluding carboxylic acids is 1. The van der Waals surface area contributed by atoms with Crippen LogP contribution in [-0.4, -0.2) is 69.6 Å². The molecule has 0 radical (unpaired) electrons.